The molecular formula is C13H19N3O. The first-order valence-electron chi connectivity index (χ1n) is 6.15. The summed E-state index contributed by atoms with van der Waals surface area (Å²) < 4.78 is 0. The topological polar surface area (TPSA) is 72.0 Å². The number of fused-ring (bicyclic) bond motifs is 1. The van der Waals surface area contributed by atoms with Crippen LogP contribution in [0.1, 0.15) is 37.4 Å². The molecule has 0 unspecified atom stereocenters. The number of hydrogen-bond acceptors (Lipinski definition) is 4. The standard InChI is InChI=1S/C13H19N3O/c1-2-9(7-17)3-4-10-5-6-11-12(10)15-8-16-13(11)14/h5,8-9,17H,2-4,6-7H2,1H3,(H2,14,15,16)/t9-/m0/s1. The minimum atomic E-state index is 0.266. The lowest BCUT2D eigenvalue weighted by Gasteiger charge is -2.12. The monoisotopic (exact) mass is 233 g/mol. The maximum atomic E-state index is 9.17. The normalized spacial score (nSPS) is 15.5. The molecule has 0 aromatic carbocycles. The van der Waals surface area contributed by atoms with Gasteiger partial charge in [-0.1, -0.05) is 19.4 Å². The lowest BCUT2D eigenvalue weighted by atomic mass is 9.97. The molecule has 4 heteroatoms. The first-order chi connectivity index (χ1) is 8.26. The molecule has 1 atom stereocenters. The fourth-order valence-electron chi connectivity index (χ4n) is 2.23. The number of aromatic nitrogens is 2. The minimum Gasteiger partial charge on any atom is -0.396 e. The van der Waals surface area contributed by atoms with Crippen molar-refractivity contribution >= 4 is 11.4 Å². The molecule has 0 spiro atoms. The largest absolute Gasteiger partial charge is 0.396 e. The van der Waals surface area contributed by atoms with E-state index in [9.17, 15) is 5.11 Å². The summed E-state index contributed by atoms with van der Waals surface area (Å²) in [5.74, 6) is 0.981. The highest BCUT2D eigenvalue weighted by atomic mass is 16.3. The van der Waals surface area contributed by atoms with Gasteiger partial charge in [0.25, 0.3) is 0 Å². The Kier molecular flexibility index (Phi) is 3.74. The number of allylic oxidation sites excluding steroid dienone is 2. The van der Waals surface area contributed by atoms with Gasteiger partial charge in [-0.15, -0.1) is 0 Å². The first-order valence-corrected chi connectivity index (χ1v) is 6.15. The highest BCUT2D eigenvalue weighted by molar-refractivity contribution is 5.73. The molecule has 0 saturated heterocycles. The van der Waals surface area contributed by atoms with Crippen molar-refractivity contribution in [3.63, 3.8) is 0 Å². The molecule has 0 fully saturated rings. The smallest absolute Gasteiger partial charge is 0.130 e. The number of aliphatic hydroxyl groups is 1. The van der Waals surface area contributed by atoms with Gasteiger partial charge < -0.3 is 10.8 Å². The average molecular weight is 233 g/mol. The minimum absolute atomic E-state index is 0.266. The van der Waals surface area contributed by atoms with Crippen LogP contribution in [0.5, 0.6) is 0 Å². The molecule has 17 heavy (non-hydrogen) atoms. The molecule has 92 valence electrons. The number of aliphatic hydroxyl groups excluding tert-OH is 1. The van der Waals surface area contributed by atoms with Crippen LogP contribution in [0.15, 0.2) is 12.4 Å². The van der Waals surface area contributed by atoms with Crippen molar-refractivity contribution in [2.24, 2.45) is 5.92 Å². The summed E-state index contributed by atoms with van der Waals surface area (Å²) >= 11 is 0. The van der Waals surface area contributed by atoms with E-state index < -0.39 is 0 Å². The van der Waals surface area contributed by atoms with E-state index in [0.717, 1.165) is 36.9 Å². The molecule has 1 aromatic heterocycles. The van der Waals surface area contributed by atoms with Crippen LogP contribution in [0.3, 0.4) is 0 Å². The van der Waals surface area contributed by atoms with E-state index in [1.165, 1.54) is 11.9 Å². The molecule has 1 heterocycles. The zero-order chi connectivity index (χ0) is 12.3. The van der Waals surface area contributed by atoms with Crippen LogP contribution in [0, 0.1) is 5.92 Å². The van der Waals surface area contributed by atoms with E-state index in [1.807, 2.05) is 0 Å². The van der Waals surface area contributed by atoms with Crippen LogP contribution in [0.2, 0.25) is 0 Å². The number of rotatable bonds is 5. The summed E-state index contributed by atoms with van der Waals surface area (Å²) in [4.78, 5) is 8.32. The SMILES string of the molecule is CC[C@H](CO)CCC1=CCc2c(N)ncnc21. The Labute approximate surface area is 102 Å². The second-order valence-electron chi connectivity index (χ2n) is 4.52. The Morgan fingerprint density at radius 2 is 2.29 bits per heavy atom. The van der Waals surface area contributed by atoms with Gasteiger partial charge in [0.1, 0.15) is 12.1 Å². The van der Waals surface area contributed by atoms with Gasteiger partial charge in [-0.2, -0.15) is 0 Å². The predicted molar refractivity (Wildman–Crippen MR) is 68.2 cm³/mol. The Hall–Kier alpha value is -1.42. The van der Waals surface area contributed by atoms with Crippen LogP contribution in [0.4, 0.5) is 5.82 Å². The van der Waals surface area contributed by atoms with Gasteiger partial charge in [0.2, 0.25) is 0 Å². The molecule has 0 aliphatic heterocycles. The van der Waals surface area contributed by atoms with Crippen LogP contribution in [0.25, 0.3) is 5.57 Å². The number of nitrogens with two attached hydrogens (primary N) is 1. The van der Waals surface area contributed by atoms with E-state index in [1.54, 1.807) is 0 Å². The van der Waals surface area contributed by atoms with Gasteiger partial charge in [-0.05, 0) is 30.8 Å². The van der Waals surface area contributed by atoms with E-state index in [-0.39, 0.29) is 6.61 Å². The predicted octanol–water partition coefficient (Wildman–Crippen LogP) is 1.80. The van der Waals surface area contributed by atoms with Gasteiger partial charge in [-0.25, -0.2) is 9.97 Å². The van der Waals surface area contributed by atoms with Gasteiger partial charge in [0, 0.05) is 12.2 Å². The molecule has 1 aliphatic rings. The van der Waals surface area contributed by atoms with Gasteiger partial charge in [-0.3, -0.25) is 0 Å². The quantitative estimate of drug-likeness (QED) is 0.813. The van der Waals surface area contributed by atoms with Gasteiger partial charge in [0.05, 0.1) is 5.69 Å². The summed E-state index contributed by atoms with van der Waals surface area (Å²) in [6.07, 6.45) is 7.52. The van der Waals surface area contributed by atoms with Crippen LogP contribution >= 0.6 is 0 Å². The second-order valence-corrected chi connectivity index (χ2v) is 4.52. The highest BCUT2D eigenvalue weighted by Crippen LogP contribution is 2.32. The summed E-state index contributed by atoms with van der Waals surface area (Å²) in [6.45, 7) is 2.38. The van der Waals surface area contributed by atoms with Crippen molar-refractivity contribution in [1.82, 2.24) is 9.97 Å². The molecule has 1 aromatic rings. The molecule has 3 N–H and O–H groups in total. The van der Waals surface area contributed by atoms with E-state index in [4.69, 9.17) is 5.73 Å². The molecule has 0 saturated carbocycles. The molecule has 2 rings (SSSR count). The number of anilines is 1. The third kappa shape index (κ3) is 2.47. The Morgan fingerprint density at radius 3 is 3.00 bits per heavy atom. The third-order valence-corrected chi connectivity index (χ3v) is 3.49. The lowest BCUT2D eigenvalue weighted by Crippen LogP contribution is -2.05. The number of hydrogen-bond donors (Lipinski definition) is 2. The Bertz CT molecular complexity index is 425. The molecule has 0 radical (unpaired) electrons. The fraction of sp³-hybridized carbons (Fsp3) is 0.538. The van der Waals surface area contributed by atoms with Crippen molar-refractivity contribution in [3.8, 4) is 0 Å². The van der Waals surface area contributed by atoms with Crippen LogP contribution < -0.4 is 5.73 Å². The average Bonchev–Trinajstić information content (AvgIpc) is 2.75. The highest BCUT2D eigenvalue weighted by Gasteiger charge is 2.19. The van der Waals surface area contributed by atoms with Crippen molar-refractivity contribution in [3.05, 3.63) is 23.7 Å². The van der Waals surface area contributed by atoms with Crippen molar-refractivity contribution in [1.29, 1.82) is 0 Å². The zero-order valence-electron chi connectivity index (χ0n) is 10.2. The molecule has 4 nitrogen and oxygen atoms in total. The van der Waals surface area contributed by atoms with Crippen LogP contribution in [-0.4, -0.2) is 21.7 Å². The Morgan fingerprint density at radius 1 is 1.47 bits per heavy atom. The summed E-state index contributed by atoms with van der Waals surface area (Å²) in [7, 11) is 0. The first kappa shape index (κ1) is 12.0. The fourth-order valence-corrected chi connectivity index (χ4v) is 2.23. The maximum Gasteiger partial charge on any atom is 0.130 e. The summed E-state index contributed by atoms with van der Waals surface area (Å²) in [5, 5.41) is 9.17. The van der Waals surface area contributed by atoms with E-state index in [0.29, 0.717) is 11.7 Å². The Balaban J connectivity index is 2.04. The third-order valence-electron chi connectivity index (χ3n) is 3.49. The van der Waals surface area contributed by atoms with Gasteiger partial charge in [0.15, 0.2) is 0 Å². The van der Waals surface area contributed by atoms with Crippen molar-refractivity contribution in [2.45, 2.75) is 32.6 Å². The second kappa shape index (κ2) is 5.27. The number of nitrogens with zero attached hydrogens (tertiary/aromatic N) is 2. The molecular weight excluding hydrogens is 214 g/mol. The summed E-state index contributed by atoms with van der Waals surface area (Å²) in [5.41, 5.74) is 9.13. The van der Waals surface area contributed by atoms with Crippen LogP contribution in [-0.2, 0) is 6.42 Å². The van der Waals surface area contributed by atoms with Crippen molar-refractivity contribution in [2.75, 3.05) is 12.3 Å². The van der Waals surface area contributed by atoms with Crippen molar-refractivity contribution < 1.29 is 5.11 Å². The lowest BCUT2D eigenvalue weighted by molar-refractivity contribution is 0.216. The summed E-state index contributed by atoms with van der Waals surface area (Å²) in [6, 6.07) is 0. The molecule has 0 bridgehead atoms. The number of nitrogen functional groups attached to an aromatic ring is 1. The molecule has 0 amide bonds. The molecule has 1 aliphatic carbocycles. The van der Waals surface area contributed by atoms with E-state index in [2.05, 4.69) is 23.0 Å². The van der Waals surface area contributed by atoms with Gasteiger partial charge >= 0.3 is 0 Å². The zero-order valence-corrected chi connectivity index (χ0v) is 10.2. The van der Waals surface area contributed by atoms with E-state index >= 15 is 0 Å². The maximum absolute atomic E-state index is 9.17.